The van der Waals surface area contributed by atoms with Crippen molar-refractivity contribution in [2.45, 2.75) is 30.7 Å². The van der Waals surface area contributed by atoms with E-state index in [0.29, 0.717) is 11.5 Å². The first kappa shape index (κ1) is 12.1. The van der Waals surface area contributed by atoms with Gasteiger partial charge in [0.25, 0.3) is 0 Å². The zero-order valence-corrected chi connectivity index (χ0v) is 11.4. The van der Waals surface area contributed by atoms with Gasteiger partial charge in [0.15, 0.2) is 5.11 Å². The van der Waals surface area contributed by atoms with Crippen LogP contribution >= 0.6 is 12.2 Å². The van der Waals surface area contributed by atoms with Crippen LogP contribution < -0.4 is 10.2 Å². The van der Waals surface area contributed by atoms with Gasteiger partial charge in [0.2, 0.25) is 0 Å². The van der Waals surface area contributed by atoms with E-state index in [2.05, 4.69) is 5.32 Å². The van der Waals surface area contributed by atoms with Crippen LogP contribution in [0.3, 0.4) is 0 Å². The van der Waals surface area contributed by atoms with Crippen molar-refractivity contribution in [2.75, 3.05) is 4.90 Å². The Morgan fingerprint density at radius 1 is 1.35 bits per heavy atom. The van der Waals surface area contributed by atoms with Gasteiger partial charge in [-0.2, -0.15) is 0 Å². The fourth-order valence-corrected chi connectivity index (χ4v) is 3.92. The maximum absolute atomic E-state index is 12.0. The van der Waals surface area contributed by atoms with Crippen molar-refractivity contribution < 1.29 is 14.6 Å². The van der Waals surface area contributed by atoms with Crippen LogP contribution in [0.25, 0.3) is 0 Å². The predicted octanol–water partition coefficient (Wildman–Crippen LogP) is 0.424. The Hall–Kier alpha value is -1.66. The first-order valence-electron chi connectivity index (χ1n) is 6.70. The van der Waals surface area contributed by atoms with Crippen molar-refractivity contribution in [2.24, 2.45) is 5.92 Å². The van der Waals surface area contributed by atoms with Crippen LogP contribution in [-0.2, 0) is 9.53 Å². The van der Waals surface area contributed by atoms with Gasteiger partial charge in [-0.3, -0.25) is 4.79 Å². The lowest BCUT2D eigenvalue weighted by molar-refractivity contribution is -0.188. The molecule has 3 saturated heterocycles. The number of fused-ring (bicyclic) bond motifs is 2. The number of ether oxygens (including phenoxy) is 1. The number of hydrogen-bond donors (Lipinski definition) is 2. The normalized spacial score (nSPS) is 38.5. The van der Waals surface area contributed by atoms with Crippen LogP contribution in [0.2, 0.25) is 0 Å². The van der Waals surface area contributed by atoms with Gasteiger partial charge >= 0.3 is 5.97 Å². The number of anilines is 1. The molecule has 5 rings (SSSR count). The molecule has 104 valence electrons. The molecule has 2 N–H and O–H groups in total. The monoisotopic (exact) mass is 290 g/mol. The Morgan fingerprint density at radius 2 is 2.10 bits per heavy atom. The highest BCUT2D eigenvalue weighted by Gasteiger charge is 2.60. The fraction of sp³-hybridized carbons (Fsp3) is 0.429. The number of benzene rings is 1. The molecule has 0 aromatic heterocycles. The number of nitrogens with zero attached hydrogens (tertiary/aromatic N) is 1. The summed E-state index contributed by atoms with van der Waals surface area (Å²) in [5.41, 5.74) is 0.965. The summed E-state index contributed by atoms with van der Waals surface area (Å²) in [5, 5.41) is 13.8. The molecular formula is C14H14N2O3S. The molecule has 1 aliphatic carbocycles. The second-order valence-electron chi connectivity index (χ2n) is 5.48. The van der Waals surface area contributed by atoms with E-state index in [1.54, 1.807) is 0 Å². The standard InChI is InChI=1S/C14H14N2O3S/c17-9-6-8-11-10(12(9)19-13(8)18)15-14(20)16(11)7-4-2-1-3-5-7/h1-5,8-12,17H,6H2,(H,15,20)/t8-,9+,10+,11+,12-/m0/s1. The van der Waals surface area contributed by atoms with E-state index in [0.717, 1.165) is 5.69 Å². The lowest BCUT2D eigenvalue weighted by Gasteiger charge is -2.47. The van der Waals surface area contributed by atoms with Gasteiger partial charge in [-0.25, -0.2) is 0 Å². The number of aliphatic hydroxyl groups is 1. The zero-order chi connectivity index (χ0) is 13.9. The zero-order valence-electron chi connectivity index (χ0n) is 10.6. The minimum absolute atomic E-state index is 0.0699. The number of carbonyl (C=O) groups is 1. The molecular weight excluding hydrogens is 276 g/mol. The van der Waals surface area contributed by atoms with E-state index in [-0.39, 0.29) is 24.0 Å². The molecule has 1 saturated carbocycles. The summed E-state index contributed by atoms with van der Waals surface area (Å²) in [6.45, 7) is 0. The van der Waals surface area contributed by atoms with E-state index >= 15 is 0 Å². The summed E-state index contributed by atoms with van der Waals surface area (Å²) < 4.78 is 5.31. The number of thiocarbonyl (C=S) groups is 1. The molecule has 6 heteroatoms. The number of para-hydroxylation sites is 1. The van der Waals surface area contributed by atoms with Gasteiger partial charge < -0.3 is 20.1 Å². The molecule has 0 amide bonds. The van der Waals surface area contributed by atoms with Crippen molar-refractivity contribution >= 4 is 29.0 Å². The Bertz CT molecular complexity index is 579. The number of nitrogens with one attached hydrogen (secondary N) is 1. The van der Waals surface area contributed by atoms with Gasteiger partial charge in [-0.1, -0.05) is 18.2 Å². The third-order valence-electron chi connectivity index (χ3n) is 4.41. The molecule has 0 unspecified atom stereocenters. The van der Waals surface area contributed by atoms with E-state index in [1.807, 2.05) is 35.2 Å². The van der Waals surface area contributed by atoms with E-state index < -0.39 is 12.2 Å². The lowest BCUT2D eigenvalue weighted by Crippen LogP contribution is -2.66. The topological polar surface area (TPSA) is 61.8 Å². The Balaban J connectivity index is 1.76. The van der Waals surface area contributed by atoms with Crippen LogP contribution in [-0.4, -0.2) is 40.5 Å². The van der Waals surface area contributed by atoms with Gasteiger partial charge in [0, 0.05) is 5.69 Å². The van der Waals surface area contributed by atoms with Crippen LogP contribution in [0.1, 0.15) is 6.42 Å². The average Bonchev–Trinajstić information content (AvgIpc) is 2.79. The number of esters is 1. The van der Waals surface area contributed by atoms with Crippen LogP contribution in [0.15, 0.2) is 30.3 Å². The Morgan fingerprint density at radius 3 is 2.85 bits per heavy atom. The number of rotatable bonds is 1. The Labute approximate surface area is 121 Å². The van der Waals surface area contributed by atoms with E-state index in [4.69, 9.17) is 17.0 Å². The summed E-state index contributed by atoms with van der Waals surface area (Å²) in [6.07, 6.45) is -0.674. The average molecular weight is 290 g/mol. The number of aliphatic hydroxyl groups excluding tert-OH is 1. The molecule has 4 fully saturated rings. The van der Waals surface area contributed by atoms with Gasteiger partial charge in [0.05, 0.1) is 24.1 Å². The summed E-state index contributed by atoms with van der Waals surface area (Å²) in [6, 6.07) is 9.58. The highest BCUT2D eigenvalue weighted by molar-refractivity contribution is 7.80. The van der Waals surface area contributed by atoms with Gasteiger partial charge in [-0.15, -0.1) is 0 Å². The Kier molecular flexibility index (Phi) is 2.52. The van der Waals surface area contributed by atoms with Crippen LogP contribution in [0.4, 0.5) is 5.69 Å². The molecule has 20 heavy (non-hydrogen) atoms. The maximum atomic E-state index is 12.0. The number of hydrogen-bond acceptors (Lipinski definition) is 4. The van der Waals surface area contributed by atoms with Crippen molar-refractivity contribution in [1.29, 1.82) is 0 Å². The predicted molar refractivity (Wildman–Crippen MR) is 76.2 cm³/mol. The molecule has 1 aromatic carbocycles. The van der Waals surface area contributed by atoms with Crippen molar-refractivity contribution in [3.63, 3.8) is 0 Å². The van der Waals surface area contributed by atoms with Gasteiger partial charge in [0.1, 0.15) is 6.10 Å². The van der Waals surface area contributed by atoms with Crippen molar-refractivity contribution in [3.8, 4) is 0 Å². The molecule has 0 radical (unpaired) electrons. The molecule has 1 aromatic rings. The molecule has 4 aliphatic rings. The quantitative estimate of drug-likeness (QED) is 0.577. The highest BCUT2D eigenvalue weighted by Crippen LogP contribution is 2.41. The smallest absolute Gasteiger partial charge is 0.311 e. The highest BCUT2D eigenvalue weighted by atomic mass is 32.1. The summed E-state index contributed by atoms with van der Waals surface area (Å²) in [7, 11) is 0. The minimum atomic E-state index is -0.607. The molecule has 3 aliphatic heterocycles. The molecule has 3 heterocycles. The molecule has 0 spiro atoms. The van der Waals surface area contributed by atoms with Crippen molar-refractivity contribution in [1.82, 2.24) is 5.32 Å². The summed E-state index contributed by atoms with van der Waals surface area (Å²) >= 11 is 5.41. The minimum Gasteiger partial charge on any atom is -0.457 e. The number of carbonyl (C=O) groups excluding carboxylic acids is 1. The summed E-state index contributed by atoms with van der Waals surface area (Å²) in [5.74, 6) is -0.567. The third kappa shape index (κ3) is 1.52. The maximum Gasteiger partial charge on any atom is 0.311 e. The summed E-state index contributed by atoms with van der Waals surface area (Å²) in [4.78, 5) is 14.0. The first-order chi connectivity index (χ1) is 9.66. The largest absolute Gasteiger partial charge is 0.457 e. The molecule has 5 atom stereocenters. The second kappa shape index (κ2) is 4.17. The van der Waals surface area contributed by atoms with E-state index in [9.17, 15) is 9.90 Å². The van der Waals surface area contributed by atoms with Crippen molar-refractivity contribution in [3.05, 3.63) is 30.3 Å². The fourth-order valence-electron chi connectivity index (χ4n) is 3.56. The third-order valence-corrected chi connectivity index (χ3v) is 4.72. The second-order valence-corrected chi connectivity index (χ2v) is 5.87. The SMILES string of the molecule is O=C1O[C@@H]2[C@@H]3NC(=S)N(c4ccccc4)[C@@H]3[C@@H]1C[C@H]2O. The molecule has 5 nitrogen and oxygen atoms in total. The van der Waals surface area contributed by atoms with Crippen LogP contribution in [0.5, 0.6) is 0 Å². The molecule has 2 bridgehead atoms. The first-order valence-corrected chi connectivity index (χ1v) is 7.11. The van der Waals surface area contributed by atoms with E-state index in [1.165, 1.54) is 0 Å². The van der Waals surface area contributed by atoms with Gasteiger partial charge in [-0.05, 0) is 30.8 Å². The van der Waals surface area contributed by atoms with Crippen LogP contribution in [0, 0.1) is 5.92 Å². The lowest BCUT2D eigenvalue weighted by atomic mass is 9.75.